The van der Waals surface area contributed by atoms with Crippen LogP contribution in [0.3, 0.4) is 0 Å². The molecule has 13 heavy (non-hydrogen) atoms. The van der Waals surface area contributed by atoms with Crippen LogP contribution in [0.5, 0.6) is 0 Å². The molecule has 0 saturated heterocycles. The zero-order chi connectivity index (χ0) is 9.26. The molecule has 2 heterocycles. The third-order valence-electron chi connectivity index (χ3n) is 2.54. The second kappa shape index (κ2) is 3.20. The van der Waals surface area contributed by atoms with Crippen molar-refractivity contribution in [2.75, 3.05) is 0 Å². The number of aryl methyl sites for hydroxylation is 1. The van der Waals surface area contributed by atoms with Gasteiger partial charge in [0.15, 0.2) is 0 Å². The first-order valence-electron chi connectivity index (χ1n) is 4.49. The Morgan fingerprint density at radius 3 is 3.38 bits per heavy atom. The molecule has 0 amide bonds. The van der Waals surface area contributed by atoms with Crippen molar-refractivity contribution in [3.63, 3.8) is 0 Å². The molecule has 2 rings (SSSR count). The fourth-order valence-corrected chi connectivity index (χ4v) is 1.93. The van der Waals surface area contributed by atoms with Gasteiger partial charge in [0.1, 0.15) is 0 Å². The van der Waals surface area contributed by atoms with Crippen molar-refractivity contribution in [2.24, 2.45) is 0 Å². The summed E-state index contributed by atoms with van der Waals surface area (Å²) in [5, 5.41) is 8.70. The average Bonchev–Trinajstić information content (AvgIpc) is 2.51. The largest absolute Gasteiger partial charge is 0.481 e. The lowest BCUT2D eigenvalue weighted by molar-refractivity contribution is -0.137. The van der Waals surface area contributed by atoms with E-state index in [0.717, 1.165) is 25.1 Å². The van der Waals surface area contributed by atoms with Crippen molar-refractivity contribution in [3.8, 4) is 0 Å². The Labute approximate surface area is 76.2 Å². The lowest BCUT2D eigenvalue weighted by Crippen LogP contribution is -2.16. The number of carbonyl (C=O) groups is 1. The highest BCUT2D eigenvalue weighted by molar-refractivity contribution is 5.67. The molecular weight excluding hydrogens is 168 g/mol. The van der Waals surface area contributed by atoms with Crippen molar-refractivity contribution < 1.29 is 9.90 Å². The van der Waals surface area contributed by atoms with E-state index in [1.807, 2.05) is 0 Å². The Morgan fingerprint density at radius 1 is 1.77 bits per heavy atom. The average molecular weight is 180 g/mol. The van der Waals surface area contributed by atoms with Gasteiger partial charge in [0.2, 0.25) is 0 Å². The molecule has 1 aromatic heterocycles. The minimum Gasteiger partial charge on any atom is -0.481 e. The van der Waals surface area contributed by atoms with Crippen LogP contribution in [0.15, 0.2) is 12.5 Å². The smallest absolute Gasteiger partial charge is 0.304 e. The molecule has 0 radical (unpaired) electrons. The second-order valence-corrected chi connectivity index (χ2v) is 3.45. The Morgan fingerprint density at radius 2 is 2.62 bits per heavy atom. The van der Waals surface area contributed by atoms with Gasteiger partial charge in [0.25, 0.3) is 0 Å². The molecule has 0 bridgehead atoms. The third kappa shape index (κ3) is 1.56. The number of imidazole rings is 1. The Bertz CT molecular complexity index is 319. The number of carboxylic acid groups (broad SMARTS) is 1. The number of hydrogen-bond donors (Lipinski definition) is 1. The molecule has 0 fully saturated rings. The highest BCUT2D eigenvalue weighted by Crippen LogP contribution is 2.29. The van der Waals surface area contributed by atoms with Gasteiger partial charge in [-0.05, 0) is 12.8 Å². The van der Waals surface area contributed by atoms with Gasteiger partial charge in [-0.2, -0.15) is 0 Å². The number of nitrogens with zero attached hydrogens (tertiary/aromatic N) is 2. The molecule has 4 heteroatoms. The molecule has 0 spiro atoms. The summed E-state index contributed by atoms with van der Waals surface area (Å²) in [6.45, 7) is 0.978. The highest BCUT2D eigenvalue weighted by atomic mass is 16.4. The number of aromatic nitrogens is 2. The van der Waals surface area contributed by atoms with Crippen LogP contribution in [0, 0.1) is 0 Å². The number of carboxylic acids is 1. The summed E-state index contributed by atoms with van der Waals surface area (Å²) in [6.07, 6.45) is 5.82. The first kappa shape index (κ1) is 8.29. The molecule has 1 aliphatic heterocycles. The summed E-state index contributed by atoms with van der Waals surface area (Å²) >= 11 is 0. The van der Waals surface area contributed by atoms with Crippen LogP contribution in [-0.2, 0) is 11.3 Å². The van der Waals surface area contributed by atoms with Crippen LogP contribution < -0.4 is 0 Å². The van der Waals surface area contributed by atoms with Gasteiger partial charge in [0.05, 0.1) is 12.7 Å². The summed E-state index contributed by atoms with van der Waals surface area (Å²) in [5.74, 6) is -0.562. The van der Waals surface area contributed by atoms with Crippen LogP contribution in [0.4, 0.5) is 0 Å². The van der Waals surface area contributed by atoms with Crippen molar-refractivity contribution >= 4 is 5.97 Å². The summed E-state index contributed by atoms with van der Waals surface area (Å²) in [6, 6.07) is 0. The van der Waals surface area contributed by atoms with Gasteiger partial charge < -0.3 is 9.67 Å². The standard InChI is InChI=1S/C9H12N2O2/c12-9(13)4-7-2-1-3-11-6-10-5-8(7)11/h5-7H,1-4H2,(H,12,13). The lowest BCUT2D eigenvalue weighted by atomic mass is 9.93. The highest BCUT2D eigenvalue weighted by Gasteiger charge is 2.22. The van der Waals surface area contributed by atoms with Gasteiger partial charge in [-0.1, -0.05) is 0 Å². The molecule has 1 atom stereocenters. The second-order valence-electron chi connectivity index (χ2n) is 3.45. The summed E-state index contributed by atoms with van der Waals surface area (Å²) in [4.78, 5) is 14.6. The molecule has 0 aromatic carbocycles. The Balaban J connectivity index is 2.20. The van der Waals surface area contributed by atoms with Gasteiger partial charge in [0, 0.05) is 24.4 Å². The van der Waals surface area contributed by atoms with Gasteiger partial charge in [-0.25, -0.2) is 4.98 Å². The van der Waals surface area contributed by atoms with E-state index >= 15 is 0 Å². The van der Waals surface area contributed by atoms with Crippen molar-refractivity contribution in [1.29, 1.82) is 0 Å². The van der Waals surface area contributed by atoms with E-state index in [0.29, 0.717) is 0 Å². The number of fused-ring (bicyclic) bond motifs is 1. The van der Waals surface area contributed by atoms with Crippen LogP contribution in [0.1, 0.15) is 30.9 Å². The fraction of sp³-hybridized carbons (Fsp3) is 0.556. The maximum Gasteiger partial charge on any atom is 0.304 e. The van der Waals surface area contributed by atoms with E-state index < -0.39 is 5.97 Å². The van der Waals surface area contributed by atoms with E-state index in [4.69, 9.17) is 5.11 Å². The molecule has 1 aliphatic rings. The van der Waals surface area contributed by atoms with Crippen molar-refractivity contribution in [2.45, 2.75) is 31.7 Å². The molecular formula is C9H12N2O2. The predicted octanol–water partition coefficient (Wildman–Crippen LogP) is 1.24. The first-order chi connectivity index (χ1) is 6.27. The van der Waals surface area contributed by atoms with Crippen LogP contribution in [0.2, 0.25) is 0 Å². The normalized spacial score (nSPS) is 21.1. The van der Waals surface area contributed by atoms with Gasteiger partial charge in [-0.15, -0.1) is 0 Å². The van der Waals surface area contributed by atoms with E-state index in [-0.39, 0.29) is 12.3 Å². The van der Waals surface area contributed by atoms with E-state index in [1.54, 1.807) is 12.5 Å². The first-order valence-corrected chi connectivity index (χ1v) is 4.49. The van der Waals surface area contributed by atoms with Gasteiger partial charge in [-0.3, -0.25) is 4.79 Å². The lowest BCUT2D eigenvalue weighted by Gasteiger charge is -2.22. The molecule has 0 aliphatic carbocycles. The Kier molecular flexibility index (Phi) is 2.04. The van der Waals surface area contributed by atoms with Crippen LogP contribution >= 0.6 is 0 Å². The summed E-state index contributed by atoms with van der Waals surface area (Å²) in [7, 11) is 0. The zero-order valence-corrected chi connectivity index (χ0v) is 7.31. The summed E-state index contributed by atoms with van der Waals surface area (Å²) in [5.41, 5.74) is 1.08. The molecule has 1 N–H and O–H groups in total. The number of aliphatic carboxylic acids is 1. The number of hydrogen-bond acceptors (Lipinski definition) is 2. The SMILES string of the molecule is O=C(O)CC1CCCn2cncc21. The molecule has 0 saturated carbocycles. The Hall–Kier alpha value is -1.32. The topological polar surface area (TPSA) is 55.1 Å². The molecule has 1 aromatic rings. The summed E-state index contributed by atoms with van der Waals surface area (Å²) < 4.78 is 2.05. The molecule has 70 valence electrons. The maximum absolute atomic E-state index is 10.6. The van der Waals surface area contributed by atoms with Gasteiger partial charge >= 0.3 is 5.97 Å². The zero-order valence-electron chi connectivity index (χ0n) is 7.31. The minimum atomic E-state index is -0.723. The minimum absolute atomic E-state index is 0.161. The van der Waals surface area contributed by atoms with E-state index in [9.17, 15) is 4.79 Å². The molecule has 1 unspecified atom stereocenters. The van der Waals surface area contributed by atoms with Crippen LogP contribution in [0.25, 0.3) is 0 Å². The van der Waals surface area contributed by atoms with Crippen molar-refractivity contribution in [3.05, 3.63) is 18.2 Å². The van der Waals surface area contributed by atoms with E-state index in [1.165, 1.54) is 0 Å². The van der Waals surface area contributed by atoms with E-state index in [2.05, 4.69) is 9.55 Å². The quantitative estimate of drug-likeness (QED) is 0.744. The maximum atomic E-state index is 10.6. The fourth-order valence-electron chi connectivity index (χ4n) is 1.93. The molecule has 4 nitrogen and oxygen atoms in total. The monoisotopic (exact) mass is 180 g/mol. The predicted molar refractivity (Wildman–Crippen MR) is 46.5 cm³/mol. The van der Waals surface area contributed by atoms with Crippen molar-refractivity contribution in [1.82, 2.24) is 9.55 Å². The number of rotatable bonds is 2. The van der Waals surface area contributed by atoms with Crippen LogP contribution in [-0.4, -0.2) is 20.6 Å². The third-order valence-corrected chi connectivity index (χ3v) is 2.54.